The van der Waals surface area contributed by atoms with Crippen molar-refractivity contribution >= 4 is 27.5 Å². The maximum Gasteiger partial charge on any atom is 0.0836 e. The van der Waals surface area contributed by atoms with E-state index in [1.165, 1.54) is 5.56 Å². The smallest absolute Gasteiger partial charge is 0.0836 e. The minimum absolute atomic E-state index is 0.525. The molecule has 2 aromatic carbocycles. The quantitative estimate of drug-likeness (QED) is 0.793. The predicted octanol–water partition coefficient (Wildman–Crippen LogP) is 5.30. The third-order valence-corrected chi connectivity index (χ3v) is 4.34. The van der Waals surface area contributed by atoms with Crippen LogP contribution in [-0.2, 0) is 6.42 Å². The van der Waals surface area contributed by atoms with Crippen LogP contribution in [-0.4, -0.2) is 5.11 Å². The van der Waals surface area contributed by atoms with Gasteiger partial charge in [0.15, 0.2) is 0 Å². The second kappa shape index (κ2) is 6.30. The Morgan fingerprint density at radius 2 is 1.70 bits per heavy atom. The third-order valence-electron chi connectivity index (χ3n) is 3.50. The number of halogens is 2. The third kappa shape index (κ3) is 3.43. The summed E-state index contributed by atoms with van der Waals surface area (Å²) in [6, 6.07) is 9.97. The molecule has 3 heteroatoms. The van der Waals surface area contributed by atoms with Crippen molar-refractivity contribution < 1.29 is 5.11 Å². The molecule has 20 heavy (non-hydrogen) atoms. The zero-order valence-corrected chi connectivity index (χ0v) is 14.2. The molecule has 0 aliphatic carbocycles. The van der Waals surface area contributed by atoms with Crippen LogP contribution in [0.2, 0.25) is 5.02 Å². The van der Waals surface area contributed by atoms with E-state index in [9.17, 15) is 5.11 Å². The highest BCUT2D eigenvalue weighted by molar-refractivity contribution is 9.10. The van der Waals surface area contributed by atoms with Crippen LogP contribution in [0.25, 0.3) is 0 Å². The summed E-state index contributed by atoms with van der Waals surface area (Å²) in [5, 5.41) is 11.2. The summed E-state index contributed by atoms with van der Waals surface area (Å²) >= 11 is 9.62. The standard InChI is InChI=1S/C17H18BrClO/c1-10-6-11(2)17(12(3)7-10)16(20)8-13-4-5-14(18)9-15(13)19/h4-7,9,16,20H,8H2,1-3H3. The predicted molar refractivity (Wildman–Crippen MR) is 88.5 cm³/mol. The molecule has 0 fully saturated rings. The summed E-state index contributed by atoms with van der Waals surface area (Å²) in [6.07, 6.45) is -0.00842. The van der Waals surface area contributed by atoms with E-state index in [1.807, 2.05) is 32.0 Å². The Kier molecular flexibility index (Phi) is 4.90. The average Bonchev–Trinajstić information content (AvgIpc) is 2.31. The SMILES string of the molecule is Cc1cc(C)c(C(O)Cc2ccc(Br)cc2Cl)c(C)c1. The van der Waals surface area contributed by atoms with Crippen LogP contribution in [0.1, 0.15) is 33.9 Å². The van der Waals surface area contributed by atoms with E-state index in [0.29, 0.717) is 11.4 Å². The van der Waals surface area contributed by atoms with Crippen molar-refractivity contribution in [2.75, 3.05) is 0 Å². The summed E-state index contributed by atoms with van der Waals surface area (Å²) in [5.74, 6) is 0. The van der Waals surface area contributed by atoms with Crippen LogP contribution in [0.3, 0.4) is 0 Å². The molecule has 1 unspecified atom stereocenters. The molecule has 1 N–H and O–H groups in total. The second-order valence-electron chi connectivity index (χ2n) is 5.27. The number of hydrogen-bond donors (Lipinski definition) is 1. The van der Waals surface area contributed by atoms with E-state index >= 15 is 0 Å². The lowest BCUT2D eigenvalue weighted by molar-refractivity contribution is 0.177. The van der Waals surface area contributed by atoms with E-state index in [0.717, 1.165) is 26.7 Å². The summed E-state index contributed by atoms with van der Waals surface area (Å²) in [4.78, 5) is 0. The minimum Gasteiger partial charge on any atom is -0.388 e. The van der Waals surface area contributed by atoms with Crippen molar-refractivity contribution in [1.82, 2.24) is 0 Å². The van der Waals surface area contributed by atoms with Crippen LogP contribution in [0, 0.1) is 20.8 Å². The van der Waals surface area contributed by atoms with Gasteiger partial charge in [-0.15, -0.1) is 0 Å². The Bertz CT molecular complexity index is 614. The Morgan fingerprint density at radius 3 is 2.25 bits per heavy atom. The number of aryl methyl sites for hydroxylation is 3. The maximum atomic E-state index is 10.5. The second-order valence-corrected chi connectivity index (χ2v) is 6.59. The van der Waals surface area contributed by atoms with E-state index in [-0.39, 0.29) is 0 Å². The van der Waals surface area contributed by atoms with Gasteiger partial charge in [0.25, 0.3) is 0 Å². The Hall–Kier alpha value is -0.830. The first-order chi connectivity index (χ1) is 9.38. The van der Waals surface area contributed by atoms with Gasteiger partial charge in [0.2, 0.25) is 0 Å². The van der Waals surface area contributed by atoms with Crippen LogP contribution < -0.4 is 0 Å². The number of hydrogen-bond acceptors (Lipinski definition) is 1. The maximum absolute atomic E-state index is 10.5. The topological polar surface area (TPSA) is 20.2 Å². The van der Waals surface area contributed by atoms with Gasteiger partial charge in [-0.1, -0.05) is 51.3 Å². The molecule has 0 aliphatic heterocycles. The van der Waals surface area contributed by atoms with Crippen LogP contribution in [0.5, 0.6) is 0 Å². The van der Waals surface area contributed by atoms with Crippen molar-refractivity contribution in [2.45, 2.75) is 33.3 Å². The molecule has 106 valence electrons. The molecule has 0 heterocycles. The highest BCUT2D eigenvalue weighted by Gasteiger charge is 2.16. The fourth-order valence-electron chi connectivity index (χ4n) is 2.71. The molecule has 0 saturated heterocycles. The Morgan fingerprint density at radius 1 is 1.10 bits per heavy atom. The average molecular weight is 354 g/mol. The number of rotatable bonds is 3. The first-order valence-electron chi connectivity index (χ1n) is 6.58. The van der Waals surface area contributed by atoms with Crippen molar-refractivity contribution in [3.8, 4) is 0 Å². The molecule has 0 spiro atoms. The van der Waals surface area contributed by atoms with Crippen molar-refractivity contribution in [3.63, 3.8) is 0 Å². The number of benzene rings is 2. The Balaban J connectivity index is 2.31. The summed E-state index contributed by atoms with van der Waals surface area (Å²) in [6.45, 7) is 6.16. The fourth-order valence-corrected chi connectivity index (χ4v) is 3.46. The minimum atomic E-state index is -0.533. The van der Waals surface area contributed by atoms with E-state index < -0.39 is 6.10 Å². The van der Waals surface area contributed by atoms with Gasteiger partial charge in [0, 0.05) is 15.9 Å². The van der Waals surface area contributed by atoms with Gasteiger partial charge in [-0.05, 0) is 55.2 Å². The molecule has 0 aromatic heterocycles. The highest BCUT2D eigenvalue weighted by atomic mass is 79.9. The molecule has 1 atom stereocenters. The molecule has 0 saturated carbocycles. The largest absolute Gasteiger partial charge is 0.388 e. The van der Waals surface area contributed by atoms with Crippen molar-refractivity contribution in [2.24, 2.45) is 0 Å². The van der Waals surface area contributed by atoms with Gasteiger partial charge in [-0.3, -0.25) is 0 Å². The van der Waals surface area contributed by atoms with E-state index in [1.54, 1.807) is 0 Å². The highest BCUT2D eigenvalue weighted by Crippen LogP contribution is 2.29. The van der Waals surface area contributed by atoms with Gasteiger partial charge in [-0.25, -0.2) is 0 Å². The first-order valence-corrected chi connectivity index (χ1v) is 7.75. The summed E-state index contributed by atoms with van der Waals surface area (Å²) in [5.41, 5.74) is 5.44. The lowest BCUT2D eigenvalue weighted by Crippen LogP contribution is -2.07. The van der Waals surface area contributed by atoms with Gasteiger partial charge >= 0.3 is 0 Å². The van der Waals surface area contributed by atoms with Crippen LogP contribution in [0.4, 0.5) is 0 Å². The number of aliphatic hydroxyl groups is 1. The molecule has 2 aromatic rings. The lowest BCUT2D eigenvalue weighted by Gasteiger charge is -2.18. The molecule has 0 aliphatic rings. The molecular weight excluding hydrogens is 336 g/mol. The van der Waals surface area contributed by atoms with Gasteiger partial charge in [0.05, 0.1) is 6.10 Å². The molecule has 2 rings (SSSR count). The van der Waals surface area contributed by atoms with Crippen LogP contribution in [0.15, 0.2) is 34.8 Å². The first kappa shape index (κ1) is 15.6. The zero-order chi connectivity index (χ0) is 14.9. The summed E-state index contributed by atoms with van der Waals surface area (Å²) in [7, 11) is 0. The molecule has 0 amide bonds. The van der Waals surface area contributed by atoms with Gasteiger partial charge < -0.3 is 5.11 Å². The van der Waals surface area contributed by atoms with E-state index in [4.69, 9.17) is 11.6 Å². The van der Waals surface area contributed by atoms with Gasteiger partial charge in [-0.2, -0.15) is 0 Å². The van der Waals surface area contributed by atoms with Crippen molar-refractivity contribution in [3.05, 3.63) is 67.6 Å². The van der Waals surface area contributed by atoms with Crippen molar-refractivity contribution in [1.29, 1.82) is 0 Å². The fraction of sp³-hybridized carbons (Fsp3) is 0.294. The monoisotopic (exact) mass is 352 g/mol. The molecule has 0 radical (unpaired) electrons. The molecule has 0 bridgehead atoms. The Labute approximate surface area is 133 Å². The molecular formula is C17H18BrClO. The number of aliphatic hydroxyl groups excluding tert-OH is 1. The van der Waals surface area contributed by atoms with Crippen LogP contribution >= 0.6 is 27.5 Å². The van der Waals surface area contributed by atoms with E-state index in [2.05, 4.69) is 35.0 Å². The lowest BCUT2D eigenvalue weighted by atomic mass is 9.92. The van der Waals surface area contributed by atoms with Gasteiger partial charge in [0.1, 0.15) is 0 Å². The molecule has 1 nitrogen and oxygen atoms in total. The zero-order valence-electron chi connectivity index (χ0n) is 11.9. The normalized spacial score (nSPS) is 12.5. The summed E-state index contributed by atoms with van der Waals surface area (Å²) < 4.78 is 0.948.